The number of hydrogen-bond donors (Lipinski definition) is 0. The van der Waals surface area contributed by atoms with Gasteiger partial charge in [-0.1, -0.05) is 0 Å². The van der Waals surface area contributed by atoms with Gasteiger partial charge < -0.3 is 9.47 Å². The molecule has 0 spiro atoms. The molecule has 0 aliphatic carbocycles. The minimum Gasteiger partial charge on any atom is -0.496 e. The first-order valence-corrected chi connectivity index (χ1v) is 5.12. The van der Waals surface area contributed by atoms with E-state index in [2.05, 4.69) is 20.9 Å². The largest absolute Gasteiger partial charge is 0.496 e. The standard InChI is InChI=1S/C10H10BrNO2/c1-13-9-3-2-7(6-8(9)11)10-12-4-5-14-10/h2-3,6H,4-5H2,1H3. The van der Waals surface area contributed by atoms with Gasteiger partial charge in [-0.25, -0.2) is 4.99 Å². The van der Waals surface area contributed by atoms with Crippen molar-refractivity contribution in [2.75, 3.05) is 20.3 Å². The Hall–Kier alpha value is -1.03. The normalized spacial score (nSPS) is 14.9. The van der Waals surface area contributed by atoms with Crippen molar-refractivity contribution in [1.29, 1.82) is 0 Å². The van der Waals surface area contributed by atoms with Crippen molar-refractivity contribution in [3.8, 4) is 5.75 Å². The SMILES string of the molecule is COc1ccc(C2=NCCO2)cc1Br. The number of nitrogens with zero attached hydrogens (tertiary/aromatic N) is 1. The summed E-state index contributed by atoms with van der Waals surface area (Å²) < 4.78 is 11.4. The maximum Gasteiger partial charge on any atom is 0.216 e. The monoisotopic (exact) mass is 255 g/mol. The van der Waals surface area contributed by atoms with Gasteiger partial charge in [0.1, 0.15) is 12.4 Å². The molecule has 3 nitrogen and oxygen atoms in total. The zero-order valence-electron chi connectivity index (χ0n) is 7.79. The van der Waals surface area contributed by atoms with Crippen LogP contribution in [-0.2, 0) is 4.74 Å². The van der Waals surface area contributed by atoms with Gasteiger partial charge in [-0.2, -0.15) is 0 Å². The van der Waals surface area contributed by atoms with E-state index in [4.69, 9.17) is 9.47 Å². The molecule has 1 aliphatic heterocycles. The topological polar surface area (TPSA) is 30.8 Å². The van der Waals surface area contributed by atoms with E-state index in [1.165, 1.54) is 0 Å². The number of methoxy groups -OCH3 is 1. The average molecular weight is 256 g/mol. The summed E-state index contributed by atoms with van der Waals surface area (Å²) in [5.41, 5.74) is 0.982. The van der Waals surface area contributed by atoms with Crippen LogP contribution < -0.4 is 4.74 Å². The number of ether oxygens (including phenoxy) is 2. The molecular weight excluding hydrogens is 246 g/mol. The zero-order chi connectivity index (χ0) is 9.97. The van der Waals surface area contributed by atoms with E-state index >= 15 is 0 Å². The highest BCUT2D eigenvalue weighted by Crippen LogP contribution is 2.26. The summed E-state index contributed by atoms with van der Waals surface area (Å²) in [5, 5.41) is 0. The van der Waals surface area contributed by atoms with Crippen molar-refractivity contribution in [2.45, 2.75) is 0 Å². The van der Waals surface area contributed by atoms with Crippen LogP contribution in [0.25, 0.3) is 0 Å². The van der Waals surface area contributed by atoms with Crippen molar-refractivity contribution in [1.82, 2.24) is 0 Å². The highest BCUT2D eigenvalue weighted by Gasteiger charge is 2.11. The van der Waals surface area contributed by atoms with E-state index in [1.807, 2.05) is 18.2 Å². The van der Waals surface area contributed by atoms with Crippen molar-refractivity contribution in [3.63, 3.8) is 0 Å². The fraction of sp³-hybridized carbons (Fsp3) is 0.300. The first-order valence-electron chi connectivity index (χ1n) is 4.32. The summed E-state index contributed by atoms with van der Waals surface area (Å²) in [7, 11) is 1.64. The molecule has 4 heteroatoms. The van der Waals surface area contributed by atoms with E-state index in [0.29, 0.717) is 12.5 Å². The van der Waals surface area contributed by atoms with Crippen LogP contribution in [0.5, 0.6) is 5.75 Å². The number of hydrogen-bond acceptors (Lipinski definition) is 3. The molecule has 2 rings (SSSR count). The Morgan fingerprint density at radius 3 is 2.93 bits per heavy atom. The lowest BCUT2D eigenvalue weighted by Crippen LogP contribution is -2.01. The third kappa shape index (κ3) is 1.75. The summed E-state index contributed by atoms with van der Waals surface area (Å²) in [6.07, 6.45) is 0. The van der Waals surface area contributed by atoms with Crippen LogP contribution in [0.2, 0.25) is 0 Å². The lowest BCUT2D eigenvalue weighted by molar-refractivity contribution is 0.348. The third-order valence-electron chi connectivity index (χ3n) is 1.98. The van der Waals surface area contributed by atoms with Gasteiger partial charge in [-0.15, -0.1) is 0 Å². The number of halogens is 1. The number of benzene rings is 1. The molecule has 0 aromatic heterocycles. The predicted molar refractivity (Wildman–Crippen MR) is 58.1 cm³/mol. The maximum absolute atomic E-state index is 5.36. The van der Waals surface area contributed by atoms with Gasteiger partial charge in [0.2, 0.25) is 5.90 Å². The molecule has 0 atom stereocenters. The molecule has 0 unspecified atom stereocenters. The van der Waals surface area contributed by atoms with Crippen LogP contribution in [0, 0.1) is 0 Å². The summed E-state index contributed by atoms with van der Waals surface area (Å²) in [6.45, 7) is 1.43. The van der Waals surface area contributed by atoms with Gasteiger partial charge in [0.05, 0.1) is 18.1 Å². The molecule has 1 aromatic rings. The molecule has 1 heterocycles. The fourth-order valence-electron chi connectivity index (χ4n) is 1.31. The highest BCUT2D eigenvalue weighted by atomic mass is 79.9. The van der Waals surface area contributed by atoms with Crippen molar-refractivity contribution < 1.29 is 9.47 Å². The lowest BCUT2D eigenvalue weighted by atomic mass is 10.2. The van der Waals surface area contributed by atoms with Crippen molar-refractivity contribution in [3.05, 3.63) is 28.2 Å². The Bertz CT molecular complexity index is 376. The minimum atomic E-state index is 0.680. The molecule has 0 N–H and O–H groups in total. The maximum atomic E-state index is 5.36. The molecule has 0 fully saturated rings. The smallest absolute Gasteiger partial charge is 0.216 e. The molecular formula is C10H10BrNO2. The lowest BCUT2D eigenvalue weighted by Gasteiger charge is -2.05. The Morgan fingerprint density at radius 2 is 2.36 bits per heavy atom. The zero-order valence-corrected chi connectivity index (χ0v) is 9.37. The fourth-order valence-corrected chi connectivity index (χ4v) is 1.85. The molecule has 0 amide bonds. The first-order chi connectivity index (χ1) is 6.81. The molecule has 74 valence electrons. The summed E-state index contributed by atoms with van der Waals surface area (Å²) in [6, 6.07) is 5.78. The van der Waals surface area contributed by atoms with Gasteiger partial charge in [-0.05, 0) is 34.1 Å². The van der Waals surface area contributed by atoms with Gasteiger partial charge >= 0.3 is 0 Å². The van der Waals surface area contributed by atoms with Crippen LogP contribution in [0.15, 0.2) is 27.7 Å². The van der Waals surface area contributed by atoms with Crippen LogP contribution in [0.1, 0.15) is 5.56 Å². The van der Waals surface area contributed by atoms with E-state index < -0.39 is 0 Å². The molecule has 1 aromatic carbocycles. The second-order valence-corrected chi connectivity index (χ2v) is 3.74. The summed E-state index contributed by atoms with van der Waals surface area (Å²) in [5.74, 6) is 1.53. The summed E-state index contributed by atoms with van der Waals surface area (Å²) >= 11 is 3.42. The van der Waals surface area contributed by atoms with Crippen LogP contribution in [0.3, 0.4) is 0 Å². The molecule has 0 saturated heterocycles. The van der Waals surface area contributed by atoms with E-state index in [0.717, 1.165) is 22.3 Å². The molecule has 0 bridgehead atoms. The summed E-state index contributed by atoms with van der Waals surface area (Å²) in [4.78, 5) is 4.24. The molecule has 14 heavy (non-hydrogen) atoms. The Kier molecular flexibility index (Phi) is 2.72. The molecule has 1 aliphatic rings. The highest BCUT2D eigenvalue weighted by molar-refractivity contribution is 9.10. The van der Waals surface area contributed by atoms with Gasteiger partial charge in [-0.3, -0.25) is 0 Å². The molecule has 0 radical (unpaired) electrons. The van der Waals surface area contributed by atoms with Crippen LogP contribution in [-0.4, -0.2) is 26.2 Å². The van der Waals surface area contributed by atoms with E-state index in [9.17, 15) is 0 Å². The first kappa shape index (κ1) is 9.52. The third-order valence-corrected chi connectivity index (χ3v) is 2.60. The average Bonchev–Trinajstić information content (AvgIpc) is 2.70. The number of rotatable bonds is 2. The molecule has 0 saturated carbocycles. The second kappa shape index (κ2) is 4.00. The van der Waals surface area contributed by atoms with Gasteiger partial charge in [0, 0.05) is 5.56 Å². The quantitative estimate of drug-likeness (QED) is 0.812. The van der Waals surface area contributed by atoms with E-state index in [-0.39, 0.29) is 0 Å². The van der Waals surface area contributed by atoms with E-state index in [1.54, 1.807) is 7.11 Å². The Morgan fingerprint density at radius 1 is 1.50 bits per heavy atom. The Balaban J connectivity index is 2.32. The van der Waals surface area contributed by atoms with Gasteiger partial charge in [0.15, 0.2) is 0 Å². The van der Waals surface area contributed by atoms with Crippen LogP contribution >= 0.6 is 15.9 Å². The second-order valence-electron chi connectivity index (χ2n) is 2.88. The van der Waals surface area contributed by atoms with Gasteiger partial charge in [0.25, 0.3) is 0 Å². The van der Waals surface area contributed by atoms with Crippen LogP contribution in [0.4, 0.5) is 0 Å². The van der Waals surface area contributed by atoms with Crippen molar-refractivity contribution >= 4 is 21.8 Å². The van der Waals surface area contributed by atoms with Crippen molar-refractivity contribution in [2.24, 2.45) is 4.99 Å². The Labute approximate surface area is 90.9 Å². The predicted octanol–water partition coefficient (Wildman–Crippen LogP) is 2.23. The minimum absolute atomic E-state index is 0.680. The number of aliphatic imine (C=N–C) groups is 1.